The number of aromatic nitrogens is 3. The van der Waals surface area contributed by atoms with Crippen LogP contribution in [-0.4, -0.2) is 14.5 Å². The Labute approximate surface area is 293 Å². The highest BCUT2D eigenvalue weighted by Crippen LogP contribution is 2.44. The minimum atomic E-state index is 0.730. The van der Waals surface area contributed by atoms with Crippen LogP contribution in [0.4, 0.5) is 0 Å². The molecule has 50 heavy (non-hydrogen) atoms. The third kappa shape index (κ3) is 4.65. The Morgan fingerprint density at radius 2 is 1.02 bits per heavy atom. The molecule has 0 atom stereocenters. The fraction of sp³-hybridized carbons (Fsp3) is 0. The Bertz CT molecular complexity index is 2800. The van der Waals surface area contributed by atoms with Gasteiger partial charge in [0.2, 0.25) is 0 Å². The Morgan fingerprint density at radius 3 is 1.74 bits per heavy atom. The molecule has 7 aromatic carbocycles. The molecule has 3 aromatic heterocycles. The van der Waals surface area contributed by atoms with E-state index in [4.69, 9.17) is 9.97 Å². The highest BCUT2D eigenvalue weighted by molar-refractivity contribution is 7.26. The summed E-state index contributed by atoms with van der Waals surface area (Å²) in [5.41, 5.74) is 12.3. The predicted octanol–water partition coefficient (Wildman–Crippen LogP) is 12.6. The van der Waals surface area contributed by atoms with E-state index in [0.29, 0.717) is 0 Å². The molecule has 0 saturated carbocycles. The van der Waals surface area contributed by atoms with Gasteiger partial charge >= 0.3 is 0 Å². The second-order valence-corrected chi connectivity index (χ2v) is 13.6. The van der Waals surface area contributed by atoms with Crippen LogP contribution in [0.2, 0.25) is 0 Å². The zero-order chi connectivity index (χ0) is 33.0. The molecule has 0 N–H and O–H groups in total. The van der Waals surface area contributed by atoms with E-state index in [9.17, 15) is 0 Å². The monoisotopic (exact) mass is 655 g/mol. The lowest BCUT2D eigenvalue weighted by Gasteiger charge is -2.12. The third-order valence-electron chi connectivity index (χ3n) is 9.63. The van der Waals surface area contributed by atoms with Gasteiger partial charge in [0.15, 0.2) is 5.82 Å². The minimum absolute atomic E-state index is 0.730. The van der Waals surface area contributed by atoms with Gasteiger partial charge in [-0.3, -0.25) is 0 Å². The third-order valence-corrected chi connectivity index (χ3v) is 10.8. The van der Waals surface area contributed by atoms with Crippen molar-refractivity contribution in [1.82, 2.24) is 14.5 Å². The van der Waals surface area contributed by atoms with Gasteiger partial charge in [0, 0.05) is 37.7 Å². The summed E-state index contributed by atoms with van der Waals surface area (Å²) in [6, 6.07) is 62.5. The summed E-state index contributed by atoms with van der Waals surface area (Å²) in [4.78, 5) is 10.6. The van der Waals surface area contributed by atoms with Crippen LogP contribution in [0.5, 0.6) is 0 Å². The first-order chi connectivity index (χ1) is 24.8. The number of nitrogens with zero attached hydrogens (tertiary/aromatic N) is 3. The molecule has 10 aromatic rings. The van der Waals surface area contributed by atoms with Crippen molar-refractivity contribution >= 4 is 53.4 Å². The van der Waals surface area contributed by atoms with E-state index in [-0.39, 0.29) is 0 Å². The molecule has 0 bridgehead atoms. The van der Waals surface area contributed by atoms with Crippen molar-refractivity contribution < 1.29 is 0 Å². The average molecular weight is 656 g/mol. The van der Waals surface area contributed by atoms with Crippen LogP contribution in [0.15, 0.2) is 176 Å². The molecule has 0 amide bonds. The van der Waals surface area contributed by atoms with Crippen molar-refractivity contribution in [3.05, 3.63) is 176 Å². The van der Waals surface area contributed by atoms with E-state index in [2.05, 4.69) is 174 Å². The van der Waals surface area contributed by atoms with Crippen LogP contribution in [-0.2, 0) is 0 Å². The van der Waals surface area contributed by atoms with E-state index in [0.717, 1.165) is 49.5 Å². The first-order valence-electron chi connectivity index (χ1n) is 16.8. The maximum absolute atomic E-state index is 5.32. The largest absolute Gasteiger partial charge is 0.309 e. The Balaban J connectivity index is 1.19. The van der Waals surface area contributed by atoms with Gasteiger partial charge in [-0.1, -0.05) is 146 Å². The second-order valence-electron chi connectivity index (χ2n) is 12.6. The lowest BCUT2D eigenvalue weighted by atomic mass is 9.99. The Morgan fingerprint density at radius 1 is 0.440 bits per heavy atom. The molecule has 0 spiro atoms. The number of para-hydroxylation sites is 2. The molecule has 234 valence electrons. The molecule has 0 radical (unpaired) electrons. The van der Waals surface area contributed by atoms with Gasteiger partial charge in [0.05, 0.1) is 26.9 Å². The zero-order valence-electron chi connectivity index (χ0n) is 27.0. The quantitative estimate of drug-likeness (QED) is 0.185. The van der Waals surface area contributed by atoms with Crippen LogP contribution in [0, 0.1) is 0 Å². The molecule has 3 heterocycles. The number of thiophene rings is 1. The molecule has 0 unspecified atom stereocenters. The topological polar surface area (TPSA) is 30.7 Å². The number of hydrogen-bond donors (Lipinski definition) is 0. The van der Waals surface area contributed by atoms with Gasteiger partial charge < -0.3 is 4.57 Å². The predicted molar refractivity (Wildman–Crippen MR) is 211 cm³/mol. The standard InChI is InChI=1S/C46H29N3S/c1-3-13-30(14-4-1)31-25-27-32(28-26-31)43-45-44(48-46(47-43)33-15-5-2-6-16-33)42-36(21-12-24-41(42)50-45)34-17-11-18-35(29-34)49-39-22-9-7-19-37(39)38-20-8-10-23-40(38)49/h1-29H. The van der Waals surface area contributed by atoms with Crippen LogP contribution >= 0.6 is 11.3 Å². The normalized spacial score (nSPS) is 11.6. The van der Waals surface area contributed by atoms with Crippen molar-refractivity contribution in [3.8, 4) is 50.6 Å². The lowest BCUT2D eigenvalue weighted by Crippen LogP contribution is -1.95. The van der Waals surface area contributed by atoms with Gasteiger partial charge in [0.25, 0.3) is 0 Å². The van der Waals surface area contributed by atoms with Crippen LogP contribution in [0.25, 0.3) is 92.7 Å². The zero-order valence-corrected chi connectivity index (χ0v) is 27.8. The molecule has 4 heteroatoms. The lowest BCUT2D eigenvalue weighted by molar-refractivity contribution is 1.18. The number of fused-ring (bicyclic) bond motifs is 6. The van der Waals surface area contributed by atoms with Gasteiger partial charge in [-0.2, -0.15) is 0 Å². The molecule has 0 aliphatic carbocycles. The van der Waals surface area contributed by atoms with E-state index < -0.39 is 0 Å². The maximum Gasteiger partial charge on any atom is 0.160 e. The molecule has 0 fully saturated rings. The first kappa shape index (κ1) is 28.6. The molecular weight excluding hydrogens is 627 g/mol. The maximum atomic E-state index is 5.32. The summed E-state index contributed by atoms with van der Waals surface area (Å²) in [5, 5.41) is 3.68. The van der Waals surface area contributed by atoms with Crippen molar-refractivity contribution in [2.24, 2.45) is 0 Å². The minimum Gasteiger partial charge on any atom is -0.309 e. The summed E-state index contributed by atoms with van der Waals surface area (Å²) in [6.45, 7) is 0. The fourth-order valence-corrected chi connectivity index (χ4v) is 8.48. The summed E-state index contributed by atoms with van der Waals surface area (Å²) >= 11 is 1.77. The smallest absolute Gasteiger partial charge is 0.160 e. The van der Waals surface area contributed by atoms with Crippen molar-refractivity contribution in [2.45, 2.75) is 0 Å². The van der Waals surface area contributed by atoms with Crippen molar-refractivity contribution in [2.75, 3.05) is 0 Å². The molecule has 0 aliphatic heterocycles. The highest BCUT2D eigenvalue weighted by atomic mass is 32.1. The van der Waals surface area contributed by atoms with Crippen molar-refractivity contribution in [1.29, 1.82) is 0 Å². The summed E-state index contributed by atoms with van der Waals surface area (Å²) < 4.78 is 4.67. The van der Waals surface area contributed by atoms with Crippen molar-refractivity contribution in [3.63, 3.8) is 0 Å². The number of hydrogen-bond acceptors (Lipinski definition) is 3. The molecule has 3 nitrogen and oxygen atoms in total. The molecule has 10 rings (SSSR count). The van der Waals surface area contributed by atoms with Crippen LogP contribution in [0.1, 0.15) is 0 Å². The molecular formula is C46H29N3S. The second kappa shape index (κ2) is 11.7. The van der Waals surface area contributed by atoms with E-state index in [1.165, 1.54) is 43.2 Å². The molecule has 0 saturated heterocycles. The van der Waals surface area contributed by atoms with E-state index in [1.807, 2.05) is 6.07 Å². The summed E-state index contributed by atoms with van der Waals surface area (Å²) in [5.74, 6) is 0.730. The first-order valence-corrected chi connectivity index (χ1v) is 17.7. The van der Waals surface area contributed by atoms with Gasteiger partial charge in [-0.05, 0) is 52.6 Å². The fourth-order valence-electron chi connectivity index (χ4n) is 7.30. The Kier molecular flexibility index (Phi) is 6.68. The SMILES string of the molecule is c1ccc(-c2ccc(-c3nc(-c4ccccc4)nc4c3sc3cccc(-c5cccc(-n6c7ccccc7c7ccccc76)c5)c34)cc2)cc1. The van der Waals surface area contributed by atoms with Gasteiger partial charge in [0.1, 0.15) is 0 Å². The van der Waals surface area contributed by atoms with Gasteiger partial charge in [-0.25, -0.2) is 9.97 Å². The van der Waals surface area contributed by atoms with E-state index >= 15 is 0 Å². The number of benzene rings is 7. The molecule has 0 aliphatic rings. The van der Waals surface area contributed by atoms with Crippen LogP contribution in [0.3, 0.4) is 0 Å². The average Bonchev–Trinajstić information content (AvgIpc) is 3.74. The number of rotatable bonds is 5. The Hall–Kier alpha value is -6.36. The van der Waals surface area contributed by atoms with Crippen LogP contribution < -0.4 is 0 Å². The summed E-state index contributed by atoms with van der Waals surface area (Å²) in [6.07, 6.45) is 0. The van der Waals surface area contributed by atoms with Gasteiger partial charge in [-0.15, -0.1) is 11.3 Å². The summed E-state index contributed by atoms with van der Waals surface area (Å²) in [7, 11) is 0. The van der Waals surface area contributed by atoms with E-state index in [1.54, 1.807) is 11.3 Å². The highest BCUT2D eigenvalue weighted by Gasteiger charge is 2.20.